The number of hydrogen-bond donors (Lipinski definition) is 1. The van der Waals surface area contributed by atoms with Gasteiger partial charge in [0.15, 0.2) is 0 Å². The van der Waals surface area contributed by atoms with Gasteiger partial charge in [0.05, 0.1) is 0 Å². The largest absolute Gasteiger partial charge is 0.340 e. The smallest absolute Gasteiger partial charge is 0.222 e. The van der Waals surface area contributed by atoms with Crippen LogP contribution in [0.4, 0.5) is 0 Å². The molecule has 0 unspecified atom stereocenters. The van der Waals surface area contributed by atoms with Crippen molar-refractivity contribution in [2.45, 2.75) is 19.3 Å². The molecule has 1 N–H and O–H groups in total. The minimum Gasteiger partial charge on any atom is -0.340 e. The van der Waals surface area contributed by atoms with E-state index in [-0.39, 0.29) is 0 Å². The van der Waals surface area contributed by atoms with Gasteiger partial charge in [-0.15, -0.1) is 0 Å². The van der Waals surface area contributed by atoms with Crippen LogP contribution in [0, 0.1) is 0 Å². The second kappa shape index (κ2) is 6.17. The molecule has 0 aromatic rings. The summed E-state index contributed by atoms with van der Waals surface area (Å²) in [4.78, 5) is 16.3. The summed E-state index contributed by atoms with van der Waals surface area (Å²) in [7, 11) is 2.11. The van der Waals surface area contributed by atoms with Gasteiger partial charge in [0.2, 0.25) is 5.91 Å². The molecule has 17 heavy (non-hydrogen) atoms. The molecule has 2 aliphatic heterocycles. The zero-order valence-corrected chi connectivity index (χ0v) is 10.7. The molecule has 2 heterocycles. The molecule has 0 aliphatic carbocycles. The van der Waals surface area contributed by atoms with Crippen molar-refractivity contribution in [2.75, 3.05) is 46.3 Å². The maximum atomic E-state index is 12.0. The Labute approximate surface area is 104 Å². The Hall–Kier alpha value is -0.870. The highest BCUT2D eigenvalue weighted by Crippen LogP contribution is 2.13. The topological polar surface area (TPSA) is 35.6 Å². The molecule has 96 valence electrons. The van der Waals surface area contributed by atoms with Crippen LogP contribution >= 0.6 is 0 Å². The Kier molecular flexibility index (Phi) is 4.57. The third-order valence-electron chi connectivity index (χ3n) is 3.67. The molecule has 4 nitrogen and oxygen atoms in total. The summed E-state index contributed by atoms with van der Waals surface area (Å²) < 4.78 is 0. The van der Waals surface area contributed by atoms with Crippen molar-refractivity contribution in [2.24, 2.45) is 0 Å². The van der Waals surface area contributed by atoms with Crippen LogP contribution in [-0.2, 0) is 4.79 Å². The van der Waals surface area contributed by atoms with Crippen LogP contribution in [0.15, 0.2) is 11.6 Å². The van der Waals surface area contributed by atoms with Crippen molar-refractivity contribution < 1.29 is 4.79 Å². The molecular weight excluding hydrogens is 214 g/mol. The van der Waals surface area contributed by atoms with E-state index in [0.717, 1.165) is 52.1 Å². The summed E-state index contributed by atoms with van der Waals surface area (Å²) in [5, 5.41) is 3.29. The number of nitrogens with zero attached hydrogens (tertiary/aromatic N) is 2. The van der Waals surface area contributed by atoms with Gasteiger partial charge in [-0.2, -0.15) is 0 Å². The first-order valence-electron chi connectivity index (χ1n) is 6.60. The van der Waals surface area contributed by atoms with Gasteiger partial charge in [-0.3, -0.25) is 4.79 Å². The molecule has 2 rings (SSSR count). The zero-order chi connectivity index (χ0) is 12.1. The van der Waals surface area contributed by atoms with Gasteiger partial charge < -0.3 is 15.1 Å². The van der Waals surface area contributed by atoms with E-state index in [1.807, 2.05) is 4.90 Å². The van der Waals surface area contributed by atoms with E-state index in [0.29, 0.717) is 12.3 Å². The molecule has 0 radical (unpaired) electrons. The van der Waals surface area contributed by atoms with Crippen molar-refractivity contribution in [1.29, 1.82) is 0 Å². The number of amides is 1. The number of hydrogen-bond acceptors (Lipinski definition) is 3. The first-order chi connectivity index (χ1) is 8.25. The normalized spacial score (nSPS) is 22.4. The van der Waals surface area contributed by atoms with Gasteiger partial charge in [0.1, 0.15) is 0 Å². The maximum absolute atomic E-state index is 12.0. The van der Waals surface area contributed by atoms with Gasteiger partial charge in [-0.05, 0) is 26.4 Å². The van der Waals surface area contributed by atoms with Crippen LogP contribution in [0.1, 0.15) is 19.3 Å². The first-order valence-corrected chi connectivity index (χ1v) is 6.60. The van der Waals surface area contributed by atoms with Gasteiger partial charge >= 0.3 is 0 Å². The minimum atomic E-state index is 0.331. The van der Waals surface area contributed by atoms with E-state index in [1.54, 1.807) is 0 Å². The summed E-state index contributed by atoms with van der Waals surface area (Å²) in [6.45, 7) is 5.86. The molecule has 0 spiro atoms. The fourth-order valence-electron chi connectivity index (χ4n) is 2.38. The van der Waals surface area contributed by atoms with Crippen LogP contribution in [0.3, 0.4) is 0 Å². The molecular formula is C13H23N3O. The van der Waals surface area contributed by atoms with Gasteiger partial charge in [-0.1, -0.05) is 11.6 Å². The van der Waals surface area contributed by atoms with Crippen LogP contribution in [-0.4, -0.2) is 62.0 Å². The monoisotopic (exact) mass is 237 g/mol. The molecule has 4 heteroatoms. The lowest BCUT2D eigenvalue weighted by Crippen LogP contribution is -2.47. The Morgan fingerprint density at radius 2 is 2.12 bits per heavy atom. The van der Waals surface area contributed by atoms with Crippen molar-refractivity contribution in [3.05, 3.63) is 11.6 Å². The third kappa shape index (κ3) is 3.82. The first kappa shape index (κ1) is 12.6. The molecule has 2 aliphatic rings. The molecule has 0 aromatic heterocycles. The number of rotatable bonds is 3. The van der Waals surface area contributed by atoms with Gasteiger partial charge in [0, 0.05) is 39.1 Å². The van der Waals surface area contributed by atoms with Crippen molar-refractivity contribution in [1.82, 2.24) is 15.1 Å². The Morgan fingerprint density at radius 3 is 2.76 bits per heavy atom. The average molecular weight is 237 g/mol. The zero-order valence-electron chi connectivity index (χ0n) is 10.7. The second-order valence-corrected chi connectivity index (χ2v) is 5.00. The van der Waals surface area contributed by atoms with E-state index >= 15 is 0 Å². The predicted octanol–water partition coefficient (Wildman–Crippen LogP) is 0.460. The molecule has 0 aromatic carbocycles. The summed E-state index contributed by atoms with van der Waals surface area (Å²) in [6, 6.07) is 0. The lowest BCUT2D eigenvalue weighted by Gasteiger charge is -2.32. The predicted molar refractivity (Wildman–Crippen MR) is 68.9 cm³/mol. The standard InChI is InChI=1S/C13H23N3O/c1-15-8-10-16(11-9-15)13(17)3-2-12-4-6-14-7-5-12/h4,14H,2-3,5-11H2,1H3. The molecule has 1 fully saturated rings. The highest BCUT2D eigenvalue weighted by Gasteiger charge is 2.18. The van der Waals surface area contributed by atoms with Gasteiger partial charge in [-0.25, -0.2) is 0 Å². The van der Waals surface area contributed by atoms with Crippen molar-refractivity contribution in [3.8, 4) is 0 Å². The third-order valence-corrected chi connectivity index (χ3v) is 3.67. The summed E-state index contributed by atoms with van der Waals surface area (Å²) in [5.41, 5.74) is 1.45. The number of carbonyl (C=O) groups is 1. The van der Waals surface area contributed by atoms with Crippen molar-refractivity contribution in [3.63, 3.8) is 0 Å². The van der Waals surface area contributed by atoms with E-state index in [1.165, 1.54) is 5.57 Å². The highest BCUT2D eigenvalue weighted by atomic mass is 16.2. The summed E-state index contributed by atoms with van der Waals surface area (Å²) in [6.07, 6.45) is 4.99. The number of carbonyl (C=O) groups excluding carboxylic acids is 1. The Morgan fingerprint density at radius 1 is 1.35 bits per heavy atom. The maximum Gasteiger partial charge on any atom is 0.222 e. The molecule has 0 bridgehead atoms. The van der Waals surface area contributed by atoms with Crippen LogP contribution in [0.5, 0.6) is 0 Å². The summed E-state index contributed by atoms with van der Waals surface area (Å²) in [5.74, 6) is 0.331. The molecule has 0 saturated carbocycles. The van der Waals surface area contributed by atoms with Crippen LogP contribution in [0.2, 0.25) is 0 Å². The van der Waals surface area contributed by atoms with Gasteiger partial charge in [0.25, 0.3) is 0 Å². The molecule has 1 amide bonds. The second-order valence-electron chi connectivity index (χ2n) is 5.00. The lowest BCUT2D eigenvalue weighted by atomic mass is 10.0. The SMILES string of the molecule is CN1CCN(C(=O)CCC2=CCNCC2)CC1. The Balaban J connectivity index is 1.71. The van der Waals surface area contributed by atoms with E-state index in [2.05, 4.69) is 23.3 Å². The minimum absolute atomic E-state index is 0.331. The summed E-state index contributed by atoms with van der Waals surface area (Å²) >= 11 is 0. The average Bonchev–Trinajstić information content (AvgIpc) is 2.38. The number of likely N-dealkylation sites (N-methyl/N-ethyl adjacent to an activating group) is 1. The quantitative estimate of drug-likeness (QED) is 0.724. The molecule has 1 saturated heterocycles. The number of nitrogens with one attached hydrogen (secondary N) is 1. The van der Waals surface area contributed by atoms with E-state index < -0.39 is 0 Å². The van der Waals surface area contributed by atoms with E-state index in [4.69, 9.17) is 0 Å². The van der Waals surface area contributed by atoms with Crippen molar-refractivity contribution >= 4 is 5.91 Å². The van der Waals surface area contributed by atoms with Crippen LogP contribution < -0.4 is 5.32 Å². The Bertz CT molecular complexity index is 293. The van der Waals surface area contributed by atoms with E-state index in [9.17, 15) is 4.79 Å². The molecule has 0 atom stereocenters. The fourth-order valence-corrected chi connectivity index (χ4v) is 2.38. The number of piperazine rings is 1. The fraction of sp³-hybridized carbons (Fsp3) is 0.769. The highest BCUT2D eigenvalue weighted by molar-refractivity contribution is 5.76. The lowest BCUT2D eigenvalue weighted by molar-refractivity contribution is -0.132. The van der Waals surface area contributed by atoms with Crippen LogP contribution in [0.25, 0.3) is 0 Å².